The Morgan fingerprint density at radius 2 is 1.80 bits per heavy atom. The zero-order valence-electron chi connectivity index (χ0n) is 7.81. The van der Waals surface area contributed by atoms with E-state index in [0.29, 0.717) is 0 Å². The number of halogens is 4. The molecule has 1 aromatic carbocycles. The Morgan fingerprint density at radius 1 is 1.27 bits per heavy atom. The van der Waals surface area contributed by atoms with Crippen LogP contribution in [0.1, 0.15) is 5.56 Å². The highest BCUT2D eigenvalue weighted by atomic mass is 79.9. The molecule has 1 rings (SSSR count). The summed E-state index contributed by atoms with van der Waals surface area (Å²) in [4.78, 5) is 0.771. The minimum Gasteiger partial charge on any atom is -0.167 e. The highest BCUT2D eigenvalue weighted by Gasteiger charge is 2.24. The fraction of sp³-hybridized carbons (Fsp3) is 0.200. The summed E-state index contributed by atoms with van der Waals surface area (Å²) in [6.07, 6.45) is -4.05. The number of benzene rings is 1. The van der Waals surface area contributed by atoms with Crippen molar-refractivity contribution in [2.75, 3.05) is 0 Å². The number of hydrogen-bond donors (Lipinski definition) is 0. The van der Waals surface area contributed by atoms with Crippen LogP contribution in [0.4, 0.5) is 13.2 Å². The van der Waals surface area contributed by atoms with Crippen molar-refractivity contribution in [2.24, 2.45) is 0 Å². The van der Waals surface area contributed by atoms with Gasteiger partial charge in [-0.05, 0) is 35.0 Å². The predicted molar refractivity (Wildman–Crippen MR) is 60.1 cm³/mol. The summed E-state index contributed by atoms with van der Waals surface area (Å²) in [5.41, 5.74) is 1.08. The Morgan fingerprint density at radius 3 is 2.27 bits per heavy atom. The normalized spacial score (nSPS) is 13.0. The molecule has 0 aliphatic carbocycles. The molecule has 0 nitrogen and oxygen atoms in total. The van der Waals surface area contributed by atoms with E-state index in [4.69, 9.17) is 0 Å². The van der Waals surface area contributed by atoms with Crippen molar-refractivity contribution in [3.8, 4) is 0 Å². The van der Waals surface area contributed by atoms with Crippen molar-refractivity contribution in [3.63, 3.8) is 0 Å². The first-order valence-corrected chi connectivity index (χ1v) is 5.67. The molecule has 0 N–H and O–H groups in total. The van der Waals surface area contributed by atoms with Crippen molar-refractivity contribution >= 4 is 27.7 Å². The average molecular weight is 297 g/mol. The van der Waals surface area contributed by atoms with Crippen LogP contribution < -0.4 is 0 Å². The van der Waals surface area contributed by atoms with Gasteiger partial charge in [0.1, 0.15) is 0 Å². The van der Waals surface area contributed by atoms with Crippen molar-refractivity contribution in [1.82, 2.24) is 0 Å². The topological polar surface area (TPSA) is 0 Å². The van der Waals surface area contributed by atoms with Gasteiger partial charge < -0.3 is 0 Å². The van der Waals surface area contributed by atoms with Crippen LogP contribution in [0.25, 0.3) is 0 Å². The van der Waals surface area contributed by atoms with Gasteiger partial charge in [-0.25, -0.2) is 0 Å². The molecule has 5 heteroatoms. The maximum absolute atomic E-state index is 12.0. The van der Waals surface area contributed by atoms with Gasteiger partial charge in [-0.2, -0.15) is 13.2 Å². The lowest BCUT2D eigenvalue weighted by atomic mass is 10.2. The standard InChI is InChI=1S/C10H8BrF3S/c1-7-2-4-8(5-3-7)15-9(11)6-10(12,13)14/h2-6H,1H3/b9-6+. The molecule has 0 fully saturated rings. The predicted octanol–water partition coefficient (Wildman–Crippen LogP) is 4.89. The fourth-order valence-electron chi connectivity index (χ4n) is 0.877. The van der Waals surface area contributed by atoms with Gasteiger partial charge in [0, 0.05) is 11.0 Å². The number of aryl methyl sites for hydroxylation is 1. The number of alkyl halides is 3. The second-order valence-corrected chi connectivity index (χ2v) is 5.40. The molecule has 0 saturated heterocycles. The van der Waals surface area contributed by atoms with Gasteiger partial charge in [0.15, 0.2) is 0 Å². The average Bonchev–Trinajstić information content (AvgIpc) is 2.05. The maximum atomic E-state index is 12.0. The maximum Gasteiger partial charge on any atom is 0.411 e. The summed E-state index contributed by atoms with van der Waals surface area (Å²) in [6.45, 7) is 1.93. The van der Waals surface area contributed by atoms with Crippen molar-refractivity contribution < 1.29 is 13.2 Å². The molecule has 15 heavy (non-hydrogen) atoms. The van der Waals surface area contributed by atoms with Gasteiger partial charge in [0.05, 0.1) is 3.81 Å². The zero-order chi connectivity index (χ0) is 11.5. The minimum atomic E-state index is -4.28. The summed E-state index contributed by atoms with van der Waals surface area (Å²) in [5, 5.41) is 0. The Kier molecular flexibility index (Phi) is 4.28. The van der Waals surface area contributed by atoms with Gasteiger partial charge in [-0.3, -0.25) is 0 Å². The van der Waals surface area contributed by atoms with E-state index in [2.05, 4.69) is 15.9 Å². The molecule has 0 heterocycles. The molecule has 0 radical (unpaired) electrons. The number of rotatable bonds is 2. The van der Waals surface area contributed by atoms with Gasteiger partial charge >= 0.3 is 6.18 Å². The Bertz CT molecular complexity index is 354. The molecule has 0 saturated carbocycles. The highest BCUT2D eigenvalue weighted by Crippen LogP contribution is 2.34. The largest absolute Gasteiger partial charge is 0.411 e. The van der Waals surface area contributed by atoms with Crippen LogP contribution in [-0.4, -0.2) is 6.18 Å². The van der Waals surface area contributed by atoms with Gasteiger partial charge in [0.2, 0.25) is 0 Å². The Labute approximate surface area is 98.7 Å². The lowest BCUT2D eigenvalue weighted by molar-refractivity contribution is -0.0797. The lowest BCUT2D eigenvalue weighted by Crippen LogP contribution is -2.00. The van der Waals surface area contributed by atoms with E-state index >= 15 is 0 Å². The van der Waals surface area contributed by atoms with Gasteiger partial charge in [-0.1, -0.05) is 29.5 Å². The van der Waals surface area contributed by atoms with E-state index in [1.54, 1.807) is 12.1 Å². The molecule has 0 aliphatic rings. The number of allylic oxidation sites excluding steroid dienone is 1. The Hall–Kier alpha value is -0.420. The third kappa shape index (κ3) is 5.28. The highest BCUT2D eigenvalue weighted by molar-refractivity contribution is 9.14. The molecule has 0 aliphatic heterocycles. The molecule has 0 bridgehead atoms. The van der Waals surface area contributed by atoms with Crippen LogP contribution in [-0.2, 0) is 0 Å². The second-order valence-electron chi connectivity index (χ2n) is 2.91. The van der Waals surface area contributed by atoms with E-state index in [1.807, 2.05) is 19.1 Å². The second kappa shape index (κ2) is 5.07. The van der Waals surface area contributed by atoms with Gasteiger partial charge in [-0.15, -0.1) is 0 Å². The molecular formula is C10H8BrF3S. The monoisotopic (exact) mass is 296 g/mol. The SMILES string of the molecule is Cc1ccc(S/C(Br)=C/C(F)(F)F)cc1. The molecule has 0 amide bonds. The third-order valence-electron chi connectivity index (χ3n) is 1.51. The van der Waals surface area contributed by atoms with E-state index < -0.39 is 6.18 Å². The summed E-state index contributed by atoms with van der Waals surface area (Å²) in [7, 11) is 0. The van der Waals surface area contributed by atoms with Crippen LogP contribution in [0.3, 0.4) is 0 Å². The quantitative estimate of drug-likeness (QED) is 0.701. The van der Waals surface area contributed by atoms with Crippen molar-refractivity contribution in [2.45, 2.75) is 18.0 Å². The number of thioether (sulfide) groups is 1. The minimum absolute atomic E-state index is 0.0545. The zero-order valence-corrected chi connectivity index (χ0v) is 10.2. The van der Waals surface area contributed by atoms with Crippen molar-refractivity contribution in [1.29, 1.82) is 0 Å². The van der Waals surface area contributed by atoms with Crippen LogP contribution in [0.15, 0.2) is 39.1 Å². The van der Waals surface area contributed by atoms with Gasteiger partial charge in [0.25, 0.3) is 0 Å². The number of hydrogen-bond acceptors (Lipinski definition) is 1. The Balaban J connectivity index is 2.70. The van der Waals surface area contributed by atoms with E-state index in [9.17, 15) is 13.2 Å². The first-order valence-electron chi connectivity index (χ1n) is 4.06. The fourth-order valence-corrected chi connectivity index (χ4v) is 2.39. The molecule has 82 valence electrons. The van der Waals surface area contributed by atoms with E-state index in [0.717, 1.165) is 22.2 Å². The molecule has 0 unspecified atom stereocenters. The third-order valence-corrected chi connectivity index (χ3v) is 3.05. The van der Waals surface area contributed by atoms with Crippen LogP contribution >= 0.6 is 27.7 Å². The van der Waals surface area contributed by atoms with E-state index in [-0.39, 0.29) is 9.89 Å². The van der Waals surface area contributed by atoms with Crippen LogP contribution in [0.5, 0.6) is 0 Å². The molecule has 0 spiro atoms. The summed E-state index contributed by atoms with van der Waals surface area (Å²) in [6, 6.07) is 7.28. The summed E-state index contributed by atoms with van der Waals surface area (Å²) >= 11 is 3.91. The summed E-state index contributed by atoms with van der Waals surface area (Å²) < 4.78 is 35.9. The molecular weight excluding hydrogens is 289 g/mol. The lowest BCUT2D eigenvalue weighted by Gasteiger charge is -2.03. The first-order chi connectivity index (χ1) is 6.87. The smallest absolute Gasteiger partial charge is 0.167 e. The van der Waals surface area contributed by atoms with Crippen molar-refractivity contribution in [3.05, 3.63) is 39.7 Å². The van der Waals surface area contributed by atoms with Crippen LogP contribution in [0, 0.1) is 6.92 Å². The first kappa shape index (κ1) is 12.6. The molecule has 0 atom stereocenters. The molecule has 0 aromatic heterocycles. The van der Waals surface area contributed by atoms with Crippen LogP contribution in [0.2, 0.25) is 0 Å². The van der Waals surface area contributed by atoms with E-state index in [1.165, 1.54) is 0 Å². The molecule has 1 aromatic rings. The summed E-state index contributed by atoms with van der Waals surface area (Å²) in [5.74, 6) is 0.